The first-order valence-corrected chi connectivity index (χ1v) is 9.91. The van der Waals surface area contributed by atoms with E-state index in [-0.39, 0.29) is 5.91 Å². The minimum Gasteiger partial charge on any atom is -0.337 e. The van der Waals surface area contributed by atoms with Crippen LogP contribution in [0.4, 0.5) is 0 Å². The first-order valence-electron chi connectivity index (χ1n) is 9.03. The average Bonchev–Trinajstić information content (AvgIpc) is 3.02. The Hall–Kier alpha value is -1.73. The van der Waals surface area contributed by atoms with Crippen LogP contribution >= 0.6 is 11.3 Å². The lowest BCUT2D eigenvalue weighted by molar-refractivity contribution is 0.0652. The van der Waals surface area contributed by atoms with Gasteiger partial charge in [0.25, 0.3) is 5.91 Å². The van der Waals surface area contributed by atoms with E-state index in [0.717, 1.165) is 44.6 Å². The van der Waals surface area contributed by atoms with Gasteiger partial charge in [-0.1, -0.05) is 6.92 Å². The number of carbonyl (C=O) groups excluding carboxylic acids is 1. The standard InChI is InChI=1S/C18H25N5OS/c1-3-13-10-14(21-20-13)17(24)23-7-4-18(5-8-23)11-15(18)22(2)12-16-19-6-9-25-16/h6,9-10,15H,3-5,7-8,11-12H2,1-2H3,(H,20,21). The third-order valence-corrected chi connectivity index (χ3v) is 6.59. The van der Waals surface area contributed by atoms with Crippen LogP contribution in [-0.2, 0) is 13.0 Å². The van der Waals surface area contributed by atoms with Gasteiger partial charge in [0, 0.05) is 36.4 Å². The Labute approximate surface area is 152 Å². The number of aromatic amines is 1. The molecule has 2 aromatic rings. The van der Waals surface area contributed by atoms with Gasteiger partial charge in [0.2, 0.25) is 0 Å². The summed E-state index contributed by atoms with van der Waals surface area (Å²) in [5.41, 5.74) is 1.98. The highest BCUT2D eigenvalue weighted by Gasteiger charge is 2.56. The molecule has 1 aliphatic heterocycles. The minimum absolute atomic E-state index is 0.0686. The number of thiazole rings is 1. The number of H-pyrrole nitrogens is 1. The van der Waals surface area contributed by atoms with Crippen LogP contribution < -0.4 is 0 Å². The molecule has 1 N–H and O–H groups in total. The Morgan fingerprint density at radius 2 is 2.28 bits per heavy atom. The third kappa shape index (κ3) is 3.22. The van der Waals surface area contributed by atoms with Gasteiger partial charge in [0.1, 0.15) is 10.7 Å². The van der Waals surface area contributed by atoms with E-state index in [4.69, 9.17) is 0 Å². The van der Waals surface area contributed by atoms with Crippen molar-refractivity contribution in [3.8, 4) is 0 Å². The maximum atomic E-state index is 12.6. The summed E-state index contributed by atoms with van der Waals surface area (Å²) < 4.78 is 0. The summed E-state index contributed by atoms with van der Waals surface area (Å²) in [6.45, 7) is 4.67. The van der Waals surface area contributed by atoms with Crippen molar-refractivity contribution in [2.24, 2.45) is 5.41 Å². The van der Waals surface area contributed by atoms with E-state index in [9.17, 15) is 4.79 Å². The molecule has 1 aliphatic carbocycles. The SMILES string of the molecule is CCc1cc(C(=O)N2CCC3(CC2)CC3N(C)Cc2nccs2)n[nH]1. The highest BCUT2D eigenvalue weighted by Crippen LogP contribution is 2.56. The first-order chi connectivity index (χ1) is 12.1. The number of nitrogens with zero attached hydrogens (tertiary/aromatic N) is 4. The molecular formula is C18H25N5OS. The van der Waals surface area contributed by atoms with Gasteiger partial charge >= 0.3 is 0 Å². The van der Waals surface area contributed by atoms with E-state index in [1.807, 2.05) is 22.5 Å². The maximum Gasteiger partial charge on any atom is 0.274 e. The van der Waals surface area contributed by atoms with Gasteiger partial charge < -0.3 is 4.90 Å². The number of piperidine rings is 1. The largest absolute Gasteiger partial charge is 0.337 e. The average molecular weight is 359 g/mol. The first kappa shape index (κ1) is 16.7. The number of nitrogens with one attached hydrogen (secondary N) is 1. The molecule has 134 valence electrons. The number of likely N-dealkylation sites (tertiary alicyclic amines) is 1. The molecule has 7 heteroatoms. The molecule has 1 saturated carbocycles. The fraction of sp³-hybridized carbons (Fsp3) is 0.611. The zero-order valence-electron chi connectivity index (χ0n) is 14.9. The van der Waals surface area contributed by atoms with Crippen molar-refractivity contribution in [3.05, 3.63) is 34.0 Å². The summed E-state index contributed by atoms with van der Waals surface area (Å²) in [6, 6.07) is 2.51. The van der Waals surface area contributed by atoms with Gasteiger partial charge in [0.05, 0.1) is 6.54 Å². The summed E-state index contributed by atoms with van der Waals surface area (Å²) >= 11 is 1.72. The van der Waals surface area contributed by atoms with Crippen molar-refractivity contribution in [2.75, 3.05) is 20.1 Å². The number of amides is 1. The van der Waals surface area contributed by atoms with Crippen molar-refractivity contribution in [2.45, 2.75) is 45.2 Å². The van der Waals surface area contributed by atoms with Crippen LogP contribution in [0.15, 0.2) is 17.6 Å². The van der Waals surface area contributed by atoms with Gasteiger partial charge in [-0.3, -0.25) is 14.8 Å². The molecule has 1 spiro atoms. The summed E-state index contributed by atoms with van der Waals surface area (Å²) in [5.74, 6) is 0.0686. The molecule has 0 radical (unpaired) electrons. The van der Waals surface area contributed by atoms with Crippen molar-refractivity contribution in [3.63, 3.8) is 0 Å². The van der Waals surface area contributed by atoms with E-state index < -0.39 is 0 Å². The second-order valence-electron chi connectivity index (χ2n) is 7.35. The normalized spacial score (nSPS) is 21.9. The van der Waals surface area contributed by atoms with Crippen molar-refractivity contribution < 1.29 is 4.79 Å². The van der Waals surface area contributed by atoms with Crippen LogP contribution in [0.5, 0.6) is 0 Å². The molecule has 3 heterocycles. The molecule has 0 aromatic carbocycles. The van der Waals surface area contributed by atoms with Gasteiger partial charge in [-0.05, 0) is 44.2 Å². The van der Waals surface area contributed by atoms with E-state index >= 15 is 0 Å². The Balaban J connectivity index is 1.32. The van der Waals surface area contributed by atoms with Crippen LogP contribution in [0.25, 0.3) is 0 Å². The monoisotopic (exact) mass is 359 g/mol. The Kier molecular flexibility index (Phi) is 4.37. The van der Waals surface area contributed by atoms with Gasteiger partial charge in [0.15, 0.2) is 0 Å². The van der Waals surface area contributed by atoms with Crippen LogP contribution in [0.3, 0.4) is 0 Å². The summed E-state index contributed by atoms with van der Waals surface area (Å²) in [5, 5.41) is 10.3. The lowest BCUT2D eigenvalue weighted by atomic mass is 9.92. The van der Waals surface area contributed by atoms with Crippen LogP contribution in [0, 0.1) is 5.41 Å². The Bertz CT molecular complexity index is 732. The Morgan fingerprint density at radius 3 is 2.92 bits per heavy atom. The van der Waals surface area contributed by atoms with Gasteiger partial charge in [-0.2, -0.15) is 5.10 Å². The zero-order valence-corrected chi connectivity index (χ0v) is 15.7. The Morgan fingerprint density at radius 1 is 1.48 bits per heavy atom. The fourth-order valence-electron chi connectivity index (χ4n) is 4.11. The lowest BCUT2D eigenvalue weighted by Gasteiger charge is -2.33. The molecule has 2 fully saturated rings. The molecule has 1 saturated heterocycles. The van der Waals surface area contributed by atoms with Crippen LogP contribution in [0.1, 0.15) is 47.4 Å². The van der Waals surface area contributed by atoms with Gasteiger partial charge in [-0.25, -0.2) is 4.98 Å². The summed E-state index contributed by atoms with van der Waals surface area (Å²) in [4.78, 5) is 21.4. The summed E-state index contributed by atoms with van der Waals surface area (Å²) in [7, 11) is 2.20. The topological polar surface area (TPSA) is 65.1 Å². The van der Waals surface area contributed by atoms with Crippen molar-refractivity contribution >= 4 is 17.2 Å². The molecule has 1 unspecified atom stereocenters. The molecule has 25 heavy (non-hydrogen) atoms. The highest BCUT2D eigenvalue weighted by atomic mass is 32.1. The highest BCUT2D eigenvalue weighted by molar-refractivity contribution is 7.09. The summed E-state index contributed by atoms with van der Waals surface area (Å²) in [6.07, 6.45) is 6.18. The van der Waals surface area contributed by atoms with E-state index in [1.54, 1.807) is 11.3 Å². The molecule has 6 nitrogen and oxygen atoms in total. The zero-order chi connectivity index (χ0) is 17.4. The molecule has 4 rings (SSSR count). The maximum absolute atomic E-state index is 12.6. The van der Waals surface area contributed by atoms with Crippen LogP contribution in [0.2, 0.25) is 0 Å². The van der Waals surface area contributed by atoms with E-state index in [2.05, 4.69) is 34.1 Å². The third-order valence-electron chi connectivity index (χ3n) is 5.82. The number of carbonyl (C=O) groups is 1. The van der Waals surface area contributed by atoms with Crippen LogP contribution in [-0.4, -0.2) is 57.1 Å². The molecule has 1 atom stereocenters. The predicted octanol–water partition coefficient (Wildman–Crippen LogP) is 2.56. The minimum atomic E-state index is 0.0686. The number of rotatable bonds is 5. The molecule has 1 amide bonds. The van der Waals surface area contributed by atoms with Gasteiger partial charge in [-0.15, -0.1) is 11.3 Å². The smallest absolute Gasteiger partial charge is 0.274 e. The predicted molar refractivity (Wildman–Crippen MR) is 97.5 cm³/mol. The lowest BCUT2D eigenvalue weighted by Crippen LogP contribution is -2.41. The molecule has 2 aromatic heterocycles. The molecular weight excluding hydrogens is 334 g/mol. The second kappa shape index (κ2) is 6.53. The molecule has 2 aliphatic rings. The number of aryl methyl sites for hydroxylation is 1. The fourth-order valence-corrected chi connectivity index (χ4v) is 4.79. The van der Waals surface area contributed by atoms with E-state index in [0.29, 0.717) is 17.2 Å². The number of hydrogen-bond donors (Lipinski definition) is 1. The van der Waals surface area contributed by atoms with E-state index in [1.165, 1.54) is 11.4 Å². The number of aromatic nitrogens is 3. The quantitative estimate of drug-likeness (QED) is 0.891. The second-order valence-corrected chi connectivity index (χ2v) is 8.33. The van der Waals surface area contributed by atoms with Crippen molar-refractivity contribution in [1.29, 1.82) is 0 Å². The molecule has 0 bridgehead atoms. The number of hydrogen-bond acceptors (Lipinski definition) is 5. The van der Waals surface area contributed by atoms with Crippen molar-refractivity contribution in [1.82, 2.24) is 25.0 Å².